The van der Waals surface area contributed by atoms with Gasteiger partial charge in [-0.3, -0.25) is 0 Å². The van der Waals surface area contributed by atoms with Gasteiger partial charge in [0.05, 0.1) is 12.1 Å². The summed E-state index contributed by atoms with van der Waals surface area (Å²) in [6, 6.07) is -0.316. The highest BCUT2D eigenvalue weighted by molar-refractivity contribution is 5.01. The van der Waals surface area contributed by atoms with E-state index in [-0.39, 0.29) is 12.1 Å². The summed E-state index contributed by atoms with van der Waals surface area (Å²) >= 11 is 0. The topological polar surface area (TPSA) is 71.0 Å². The number of ether oxygens (including phenoxy) is 2. The predicted octanol–water partition coefficient (Wildman–Crippen LogP) is -0.922. The van der Waals surface area contributed by atoms with Crippen molar-refractivity contribution in [1.82, 2.24) is 5.32 Å². The second kappa shape index (κ2) is 4.12. The van der Waals surface area contributed by atoms with Crippen LogP contribution in [0.4, 0.5) is 0 Å². The van der Waals surface area contributed by atoms with Crippen molar-refractivity contribution in [2.45, 2.75) is 44.0 Å². The second-order valence-corrected chi connectivity index (χ2v) is 3.88. The molecule has 14 heavy (non-hydrogen) atoms. The minimum Gasteiger partial charge on any atom is -0.386 e. The summed E-state index contributed by atoms with van der Waals surface area (Å²) in [4.78, 5) is 0. The first kappa shape index (κ1) is 11.9. The molecule has 1 saturated heterocycles. The van der Waals surface area contributed by atoms with Crippen molar-refractivity contribution in [1.29, 1.82) is 0 Å². The van der Waals surface area contributed by atoms with Crippen molar-refractivity contribution in [2.75, 3.05) is 14.2 Å². The van der Waals surface area contributed by atoms with Gasteiger partial charge in [0, 0.05) is 7.11 Å². The van der Waals surface area contributed by atoms with Gasteiger partial charge in [0.2, 0.25) is 0 Å². The molecular formula is C9H19NO4. The summed E-state index contributed by atoms with van der Waals surface area (Å²) in [6.07, 6.45) is -2.05. The van der Waals surface area contributed by atoms with Crippen LogP contribution in [0.5, 0.6) is 0 Å². The van der Waals surface area contributed by atoms with Crippen LogP contribution in [0.2, 0.25) is 0 Å². The number of methoxy groups -OCH3 is 1. The van der Waals surface area contributed by atoms with E-state index in [0.717, 1.165) is 0 Å². The largest absolute Gasteiger partial charge is 0.386 e. The number of aliphatic hydroxyl groups is 2. The van der Waals surface area contributed by atoms with Crippen LogP contribution in [0, 0.1) is 0 Å². The summed E-state index contributed by atoms with van der Waals surface area (Å²) < 4.78 is 10.3. The molecule has 5 atom stereocenters. The third kappa shape index (κ3) is 1.78. The number of hydrogen-bond donors (Lipinski definition) is 3. The molecule has 0 aromatic rings. The summed E-state index contributed by atoms with van der Waals surface area (Å²) in [6.45, 7) is 3.40. The number of nitrogens with one attached hydrogen (secondary N) is 1. The predicted molar refractivity (Wildman–Crippen MR) is 50.8 cm³/mol. The minimum atomic E-state index is -1.26. The average molecular weight is 205 g/mol. The van der Waals surface area contributed by atoms with Crippen molar-refractivity contribution in [3.8, 4) is 0 Å². The molecule has 0 radical (unpaired) electrons. The second-order valence-electron chi connectivity index (χ2n) is 3.88. The van der Waals surface area contributed by atoms with E-state index in [1.807, 2.05) is 6.92 Å². The van der Waals surface area contributed by atoms with Crippen molar-refractivity contribution in [3.05, 3.63) is 0 Å². The Hall–Kier alpha value is -0.200. The van der Waals surface area contributed by atoms with Crippen LogP contribution < -0.4 is 5.32 Å². The standard InChI is InChI=1S/C9H19NO4/c1-5-6(10-3)9(2,12)7(11)8(13-4)14-5/h5-8,10-12H,1-4H3/t5-,6-,7+,8-,9-/m0/s1. The van der Waals surface area contributed by atoms with Crippen LogP contribution in [-0.2, 0) is 9.47 Å². The maximum absolute atomic E-state index is 10.1. The molecule has 0 aromatic heterocycles. The highest BCUT2D eigenvalue weighted by Crippen LogP contribution is 2.29. The highest BCUT2D eigenvalue weighted by atomic mass is 16.7. The molecule has 0 bridgehead atoms. The number of likely N-dealkylation sites (N-methyl/N-ethyl adjacent to an activating group) is 1. The zero-order chi connectivity index (χ0) is 10.9. The Morgan fingerprint density at radius 3 is 2.50 bits per heavy atom. The summed E-state index contributed by atoms with van der Waals surface area (Å²) in [5.41, 5.74) is -1.26. The Bertz CT molecular complexity index is 197. The van der Waals surface area contributed by atoms with E-state index >= 15 is 0 Å². The lowest BCUT2D eigenvalue weighted by atomic mass is 9.84. The molecule has 0 saturated carbocycles. The van der Waals surface area contributed by atoms with Crippen molar-refractivity contribution >= 4 is 0 Å². The van der Waals surface area contributed by atoms with E-state index < -0.39 is 18.0 Å². The van der Waals surface area contributed by atoms with Crippen LogP contribution in [-0.4, -0.2) is 54.5 Å². The molecule has 0 amide bonds. The van der Waals surface area contributed by atoms with E-state index in [1.54, 1.807) is 14.0 Å². The molecule has 5 heteroatoms. The Morgan fingerprint density at radius 1 is 1.50 bits per heavy atom. The van der Waals surface area contributed by atoms with Crippen molar-refractivity contribution < 1.29 is 19.7 Å². The van der Waals surface area contributed by atoms with Gasteiger partial charge >= 0.3 is 0 Å². The summed E-state index contributed by atoms with van der Waals surface area (Å²) in [5.74, 6) is 0. The molecule has 1 rings (SSSR count). The Balaban J connectivity index is 2.85. The van der Waals surface area contributed by atoms with Crippen LogP contribution >= 0.6 is 0 Å². The first-order valence-electron chi connectivity index (χ1n) is 4.71. The lowest BCUT2D eigenvalue weighted by Gasteiger charge is -2.47. The molecule has 0 aliphatic carbocycles. The van der Waals surface area contributed by atoms with Gasteiger partial charge in [-0.25, -0.2) is 0 Å². The third-order valence-electron chi connectivity index (χ3n) is 2.85. The number of rotatable bonds is 2. The molecule has 1 aliphatic heterocycles. The van der Waals surface area contributed by atoms with E-state index in [9.17, 15) is 10.2 Å². The molecule has 1 aliphatic rings. The van der Waals surface area contributed by atoms with E-state index in [2.05, 4.69) is 5.32 Å². The number of aliphatic hydroxyl groups excluding tert-OH is 1. The Labute approximate surface area is 84.0 Å². The fourth-order valence-corrected chi connectivity index (χ4v) is 2.01. The van der Waals surface area contributed by atoms with E-state index in [1.165, 1.54) is 7.11 Å². The van der Waals surface area contributed by atoms with Gasteiger partial charge < -0.3 is 25.0 Å². The molecule has 0 unspecified atom stereocenters. The van der Waals surface area contributed by atoms with Gasteiger partial charge in [-0.1, -0.05) is 0 Å². The fourth-order valence-electron chi connectivity index (χ4n) is 2.01. The van der Waals surface area contributed by atoms with Gasteiger partial charge in [0.15, 0.2) is 6.29 Å². The Morgan fingerprint density at radius 2 is 2.07 bits per heavy atom. The zero-order valence-electron chi connectivity index (χ0n) is 9.02. The quantitative estimate of drug-likeness (QED) is 0.544. The lowest BCUT2D eigenvalue weighted by Crippen LogP contribution is -2.68. The van der Waals surface area contributed by atoms with Gasteiger partial charge in [-0.15, -0.1) is 0 Å². The summed E-state index contributed by atoms with van der Waals surface area (Å²) in [7, 11) is 3.16. The number of hydrogen-bond acceptors (Lipinski definition) is 5. The monoisotopic (exact) mass is 205 g/mol. The molecule has 0 aromatic carbocycles. The summed E-state index contributed by atoms with van der Waals surface area (Å²) in [5, 5.41) is 22.8. The molecule has 0 spiro atoms. The highest BCUT2D eigenvalue weighted by Gasteiger charge is 2.50. The van der Waals surface area contributed by atoms with E-state index in [4.69, 9.17) is 9.47 Å². The van der Waals surface area contributed by atoms with Crippen LogP contribution in [0.1, 0.15) is 13.8 Å². The first-order chi connectivity index (χ1) is 6.45. The van der Waals surface area contributed by atoms with Crippen LogP contribution in [0.25, 0.3) is 0 Å². The third-order valence-corrected chi connectivity index (χ3v) is 2.85. The molecule has 5 nitrogen and oxygen atoms in total. The molecular weight excluding hydrogens is 186 g/mol. The SMILES string of the molecule is CN[C@H]1[C@H](C)O[C@H](OC)[C@@H](O)[C@@]1(C)O. The Kier molecular flexibility index (Phi) is 3.49. The molecule has 1 heterocycles. The van der Waals surface area contributed by atoms with Gasteiger partial charge in [0.1, 0.15) is 11.7 Å². The zero-order valence-corrected chi connectivity index (χ0v) is 9.02. The maximum Gasteiger partial charge on any atom is 0.186 e. The van der Waals surface area contributed by atoms with Gasteiger partial charge in [-0.2, -0.15) is 0 Å². The van der Waals surface area contributed by atoms with Gasteiger partial charge in [0.25, 0.3) is 0 Å². The normalized spacial score (nSPS) is 49.3. The van der Waals surface area contributed by atoms with Gasteiger partial charge in [-0.05, 0) is 20.9 Å². The lowest BCUT2D eigenvalue weighted by molar-refractivity contribution is -0.290. The fraction of sp³-hybridized carbons (Fsp3) is 1.00. The van der Waals surface area contributed by atoms with E-state index in [0.29, 0.717) is 0 Å². The van der Waals surface area contributed by atoms with Crippen LogP contribution in [0.15, 0.2) is 0 Å². The molecule has 3 N–H and O–H groups in total. The maximum atomic E-state index is 10.1. The first-order valence-corrected chi connectivity index (χ1v) is 4.71. The molecule has 1 fully saturated rings. The minimum absolute atomic E-state index is 0.219. The van der Waals surface area contributed by atoms with Crippen LogP contribution in [0.3, 0.4) is 0 Å². The van der Waals surface area contributed by atoms with Crippen molar-refractivity contribution in [2.24, 2.45) is 0 Å². The average Bonchev–Trinajstić information content (AvgIpc) is 2.12. The molecule has 84 valence electrons. The van der Waals surface area contributed by atoms with Crippen molar-refractivity contribution in [3.63, 3.8) is 0 Å². The smallest absolute Gasteiger partial charge is 0.186 e.